The monoisotopic (exact) mass is 265 g/mol. The number of hydrogen-bond donors (Lipinski definition) is 0. The minimum absolute atomic E-state index is 0.111. The van der Waals surface area contributed by atoms with Crippen molar-refractivity contribution in [3.05, 3.63) is 30.1 Å². The quantitative estimate of drug-likeness (QED) is 0.817. The topological polar surface area (TPSA) is 26.8 Å². The van der Waals surface area contributed by atoms with E-state index in [1.165, 1.54) is 6.07 Å². The molecular formula is C14H20FN3O. The van der Waals surface area contributed by atoms with Crippen LogP contribution in [0.25, 0.3) is 0 Å². The molecule has 0 atom stereocenters. The van der Waals surface area contributed by atoms with Gasteiger partial charge in [-0.1, -0.05) is 12.1 Å². The van der Waals surface area contributed by atoms with Gasteiger partial charge in [0.2, 0.25) is 5.91 Å². The zero-order valence-corrected chi connectivity index (χ0v) is 11.5. The summed E-state index contributed by atoms with van der Waals surface area (Å²) in [5.74, 6) is -0.0698. The van der Waals surface area contributed by atoms with Gasteiger partial charge >= 0.3 is 0 Å². The summed E-state index contributed by atoms with van der Waals surface area (Å²) in [6, 6.07) is 6.83. The molecule has 19 heavy (non-hydrogen) atoms. The van der Waals surface area contributed by atoms with E-state index in [-0.39, 0.29) is 11.7 Å². The van der Waals surface area contributed by atoms with Crippen LogP contribution in [-0.2, 0) is 4.79 Å². The van der Waals surface area contributed by atoms with Crippen molar-refractivity contribution < 1.29 is 9.18 Å². The molecule has 4 nitrogen and oxygen atoms in total. The number of amides is 1. The molecule has 0 spiro atoms. The normalized spacial score (nSPS) is 16.5. The van der Waals surface area contributed by atoms with Gasteiger partial charge in [-0.25, -0.2) is 4.39 Å². The molecule has 5 heteroatoms. The van der Waals surface area contributed by atoms with Crippen LogP contribution in [0, 0.1) is 5.82 Å². The second-order valence-electron chi connectivity index (χ2n) is 5.00. The summed E-state index contributed by atoms with van der Waals surface area (Å²) in [4.78, 5) is 17.4. The van der Waals surface area contributed by atoms with Gasteiger partial charge in [0.05, 0.1) is 12.2 Å². The van der Waals surface area contributed by atoms with Crippen LogP contribution in [0.1, 0.15) is 0 Å². The lowest BCUT2D eigenvalue weighted by Gasteiger charge is -2.36. The van der Waals surface area contributed by atoms with E-state index in [0.29, 0.717) is 12.2 Å². The fourth-order valence-electron chi connectivity index (χ4n) is 2.19. The van der Waals surface area contributed by atoms with Crippen molar-refractivity contribution in [2.45, 2.75) is 0 Å². The third-order valence-electron chi connectivity index (χ3n) is 3.42. The highest BCUT2D eigenvalue weighted by Crippen LogP contribution is 2.19. The van der Waals surface area contributed by atoms with Crippen LogP contribution in [0.15, 0.2) is 24.3 Å². The minimum atomic E-state index is -0.180. The second kappa shape index (κ2) is 6.02. The average Bonchev–Trinajstić information content (AvgIpc) is 2.40. The SMILES string of the molecule is CN(C)C(=O)CN1CCN(c2ccccc2F)CC1. The first kappa shape index (κ1) is 13.8. The Kier molecular flexibility index (Phi) is 4.37. The number of anilines is 1. The first-order valence-electron chi connectivity index (χ1n) is 6.50. The Labute approximate surface area is 113 Å². The molecule has 0 unspecified atom stereocenters. The number of halogens is 1. The molecule has 1 aliphatic rings. The lowest BCUT2D eigenvalue weighted by atomic mass is 10.2. The van der Waals surface area contributed by atoms with Crippen LogP contribution >= 0.6 is 0 Å². The van der Waals surface area contributed by atoms with Gasteiger partial charge in [0.25, 0.3) is 0 Å². The molecule has 0 saturated carbocycles. The van der Waals surface area contributed by atoms with E-state index < -0.39 is 0 Å². The number of hydrogen-bond acceptors (Lipinski definition) is 3. The molecule has 1 aromatic rings. The molecule has 1 amide bonds. The molecule has 1 fully saturated rings. The van der Waals surface area contributed by atoms with Gasteiger partial charge in [-0.05, 0) is 12.1 Å². The van der Waals surface area contributed by atoms with Gasteiger partial charge in [-0.2, -0.15) is 0 Å². The van der Waals surface area contributed by atoms with Crippen molar-refractivity contribution in [3.8, 4) is 0 Å². The molecule has 1 heterocycles. The molecule has 0 aliphatic carbocycles. The number of likely N-dealkylation sites (N-methyl/N-ethyl adjacent to an activating group) is 1. The fraction of sp³-hybridized carbons (Fsp3) is 0.500. The Bertz CT molecular complexity index is 442. The van der Waals surface area contributed by atoms with Crippen LogP contribution in [0.5, 0.6) is 0 Å². The van der Waals surface area contributed by atoms with Gasteiger partial charge < -0.3 is 9.80 Å². The Morgan fingerprint density at radius 1 is 1.21 bits per heavy atom. The Morgan fingerprint density at radius 2 is 1.84 bits per heavy atom. The van der Waals surface area contributed by atoms with Gasteiger partial charge in [0, 0.05) is 40.3 Å². The number of nitrogens with zero attached hydrogens (tertiary/aromatic N) is 3. The summed E-state index contributed by atoms with van der Waals surface area (Å²) in [5.41, 5.74) is 0.654. The molecule has 1 aromatic carbocycles. The van der Waals surface area contributed by atoms with Crippen molar-refractivity contribution in [1.29, 1.82) is 0 Å². The summed E-state index contributed by atoms with van der Waals surface area (Å²) in [5, 5.41) is 0. The molecule has 0 N–H and O–H groups in total. The van der Waals surface area contributed by atoms with Crippen molar-refractivity contribution in [2.75, 3.05) is 51.7 Å². The predicted octanol–water partition coefficient (Wildman–Crippen LogP) is 1.04. The lowest BCUT2D eigenvalue weighted by molar-refractivity contribution is -0.129. The highest BCUT2D eigenvalue weighted by atomic mass is 19.1. The number of rotatable bonds is 3. The van der Waals surface area contributed by atoms with Crippen molar-refractivity contribution in [2.24, 2.45) is 0 Å². The van der Waals surface area contributed by atoms with Gasteiger partial charge in [0.15, 0.2) is 0 Å². The number of carbonyl (C=O) groups is 1. The zero-order valence-electron chi connectivity index (χ0n) is 11.5. The van der Waals surface area contributed by atoms with Crippen molar-refractivity contribution in [3.63, 3.8) is 0 Å². The van der Waals surface area contributed by atoms with Gasteiger partial charge in [0.1, 0.15) is 5.82 Å². The molecule has 1 saturated heterocycles. The van der Waals surface area contributed by atoms with Crippen LogP contribution in [-0.4, -0.2) is 62.5 Å². The molecular weight excluding hydrogens is 245 g/mol. The van der Waals surface area contributed by atoms with E-state index in [4.69, 9.17) is 0 Å². The number of carbonyl (C=O) groups excluding carboxylic acids is 1. The van der Waals surface area contributed by atoms with Crippen LogP contribution in [0.2, 0.25) is 0 Å². The highest BCUT2D eigenvalue weighted by Gasteiger charge is 2.21. The van der Waals surface area contributed by atoms with Gasteiger partial charge in [-0.3, -0.25) is 9.69 Å². The van der Waals surface area contributed by atoms with E-state index >= 15 is 0 Å². The Hall–Kier alpha value is -1.62. The number of para-hydroxylation sites is 1. The van der Waals surface area contributed by atoms with Crippen molar-refractivity contribution >= 4 is 11.6 Å². The largest absolute Gasteiger partial charge is 0.367 e. The molecule has 1 aliphatic heterocycles. The maximum absolute atomic E-state index is 13.7. The van der Waals surface area contributed by atoms with E-state index in [9.17, 15) is 9.18 Å². The molecule has 2 rings (SSSR count). The van der Waals surface area contributed by atoms with Crippen LogP contribution in [0.3, 0.4) is 0 Å². The number of piperazine rings is 1. The smallest absolute Gasteiger partial charge is 0.236 e. The predicted molar refractivity (Wildman–Crippen MR) is 73.7 cm³/mol. The maximum Gasteiger partial charge on any atom is 0.236 e. The van der Waals surface area contributed by atoms with Gasteiger partial charge in [-0.15, -0.1) is 0 Å². The zero-order chi connectivity index (χ0) is 13.8. The summed E-state index contributed by atoms with van der Waals surface area (Å²) in [6.45, 7) is 3.52. The second-order valence-corrected chi connectivity index (χ2v) is 5.00. The van der Waals surface area contributed by atoms with Crippen LogP contribution in [0.4, 0.5) is 10.1 Å². The lowest BCUT2D eigenvalue weighted by Crippen LogP contribution is -2.49. The first-order valence-corrected chi connectivity index (χ1v) is 6.50. The maximum atomic E-state index is 13.7. The Morgan fingerprint density at radius 3 is 2.42 bits per heavy atom. The van der Waals surface area contributed by atoms with E-state index in [1.54, 1.807) is 31.1 Å². The van der Waals surface area contributed by atoms with Crippen molar-refractivity contribution in [1.82, 2.24) is 9.80 Å². The summed E-state index contributed by atoms with van der Waals surface area (Å²) in [6.07, 6.45) is 0. The minimum Gasteiger partial charge on any atom is -0.367 e. The summed E-state index contributed by atoms with van der Waals surface area (Å²) >= 11 is 0. The number of benzene rings is 1. The third kappa shape index (κ3) is 3.44. The Balaban J connectivity index is 1.89. The first-order chi connectivity index (χ1) is 9.08. The molecule has 0 bridgehead atoms. The third-order valence-corrected chi connectivity index (χ3v) is 3.42. The fourth-order valence-corrected chi connectivity index (χ4v) is 2.19. The van der Waals surface area contributed by atoms with Crippen LogP contribution < -0.4 is 4.90 Å². The average molecular weight is 265 g/mol. The van der Waals surface area contributed by atoms with E-state index in [0.717, 1.165) is 26.2 Å². The molecule has 0 radical (unpaired) electrons. The summed E-state index contributed by atoms with van der Waals surface area (Å²) < 4.78 is 13.7. The van der Waals surface area contributed by atoms with E-state index in [2.05, 4.69) is 4.90 Å². The standard InChI is InChI=1S/C14H20FN3O/c1-16(2)14(19)11-17-7-9-18(10-8-17)13-6-4-3-5-12(13)15/h3-6H,7-11H2,1-2H3. The highest BCUT2D eigenvalue weighted by molar-refractivity contribution is 5.77. The molecule has 0 aromatic heterocycles. The van der Waals surface area contributed by atoms with E-state index in [1.807, 2.05) is 11.0 Å². The summed E-state index contributed by atoms with van der Waals surface area (Å²) in [7, 11) is 3.52. The molecule has 104 valence electrons.